The zero-order valence-corrected chi connectivity index (χ0v) is 19.7. The molecule has 0 spiro atoms. The lowest BCUT2D eigenvalue weighted by Crippen LogP contribution is -2.55. The highest BCUT2D eigenvalue weighted by atomic mass is 16.2. The second-order valence-electron chi connectivity index (χ2n) is 8.47. The van der Waals surface area contributed by atoms with Crippen LogP contribution < -0.4 is 10.3 Å². The molecule has 0 aromatic heterocycles. The van der Waals surface area contributed by atoms with Crippen LogP contribution in [-0.2, 0) is 19.2 Å². The molecule has 7 nitrogen and oxygen atoms in total. The number of nitrogens with one attached hydrogen (secondary N) is 1. The van der Waals surface area contributed by atoms with Gasteiger partial charge in [0.25, 0.3) is 11.8 Å². The Bertz CT molecular complexity index is 1190. The molecule has 0 radical (unpaired) electrons. The van der Waals surface area contributed by atoms with Gasteiger partial charge in [-0.2, -0.15) is 0 Å². The van der Waals surface area contributed by atoms with Crippen molar-refractivity contribution >= 4 is 29.3 Å². The number of aryl methyl sites for hydroxylation is 1. The van der Waals surface area contributed by atoms with Crippen LogP contribution in [0.3, 0.4) is 0 Å². The van der Waals surface area contributed by atoms with E-state index in [-0.39, 0.29) is 12.8 Å². The molecule has 1 heterocycles. The standard InChI is InChI=1S/C28H27N3O4/c1-3-24(32)31(23-18-25(33)30(28(23)35)22-16-14-19(2)15-17-22)29-27(34)26(20-10-6-4-7-11-20)21-12-8-5-9-13-21/h4-17,23,26H,3,18H2,1-2H3,(H,29,34). The smallest absolute Gasteiger partial charge is 0.259 e. The van der Waals surface area contributed by atoms with E-state index in [1.807, 2.05) is 79.7 Å². The minimum atomic E-state index is -1.12. The summed E-state index contributed by atoms with van der Waals surface area (Å²) in [6.45, 7) is 3.56. The number of imide groups is 1. The molecule has 1 saturated heterocycles. The van der Waals surface area contributed by atoms with Gasteiger partial charge >= 0.3 is 0 Å². The Hall–Kier alpha value is -4.26. The predicted molar refractivity (Wildman–Crippen MR) is 132 cm³/mol. The Kier molecular flexibility index (Phi) is 7.06. The van der Waals surface area contributed by atoms with Gasteiger partial charge in [-0.15, -0.1) is 0 Å². The molecule has 1 fully saturated rings. The van der Waals surface area contributed by atoms with Crippen LogP contribution in [0.15, 0.2) is 84.9 Å². The lowest BCUT2D eigenvalue weighted by molar-refractivity contribution is -0.147. The molecular weight excluding hydrogens is 442 g/mol. The third-order valence-electron chi connectivity index (χ3n) is 6.06. The number of hydrogen-bond acceptors (Lipinski definition) is 4. The highest BCUT2D eigenvalue weighted by Crippen LogP contribution is 2.28. The molecular formula is C28H27N3O4. The molecule has 3 aromatic carbocycles. The fraction of sp³-hybridized carbons (Fsp3) is 0.214. The van der Waals surface area contributed by atoms with Gasteiger partial charge in [-0.1, -0.05) is 85.3 Å². The molecule has 1 aliphatic rings. The van der Waals surface area contributed by atoms with Crippen molar-refractivity contribution in [2.75, 3.05) is 4.90 Å². The third-order valence-corrected chi connectivity index (χ3v) is 6.06. The minimum absolute atomic E-state index is 0.0596. The van der Waals surface area contributed by atoms with Crippen molar-refractivity contribution in [2.24, 2.45) is 0 Å². The molecule has 0 saturated carbocycles. The van der Waals surface area contributed by atoms with Crippen molar-refractivity contribution in [3.63, 3.8) is 0 Å². The van der Waals surface area contributed by atoms with E-state index in [2.05, 4.69) is 5.43 Å². The molecule has 3 aromatic rings. The summed E-state index contributed by atoms with van der Waals surface area (Å²) in [5.74, 6) is -2.58. The van der Waals surface area contributed by atoms with Gasteiger partial charge in [0.2, 0.25) is 11.8 Å². The molecule has 1 aliphatic heterocycles. The van der Waals surface area contributed by atoms with Gasteiger partial charge in [0.05, 0.1) is 18.0 Å². The molecule has 4 rings (SSSR count). The van der Waals surface area contributed by atoms with E-state index in [0.717, 1.165) is 26.6 Å². The van der Waals surface area contributed by atoms with Crippen LogP contribution in [-0.4, -0.2) is 34.7 Å². The van der Waals surface area contributed by atoms with Crippen LogP contribution >= 0.6 is 0 Å². The van der Waals surface area contributed by atoms with E-state index in [9.17, 15) is 19.2 Å². The first-order valence-corrected chi connectivity index (χ1v) is 11.6. The van der Waals surface area contributed by atoms with Crippen molar-refractivity contribution in [3.8, 4) is 0 Å². The maximum absolute atomic E-state index is 13.6. The second kappa shape index (κ2) is 10.3. The summed E-state index contributed by atoms with van der Waals surface area (Å²) in [7, 11) is 0. The van der Waals surface area contributed by atoms with Crippen LogP contribution in [0, 0.1) is 6.92 Å². The first-order valence-electron chi connectivity index (χ1n) is 11.6. The maximum atomic E-state index is 13.6. The largest absolute Gasteiger partial charge is 0.274 e. The van der Waals surface area contributed by atoms with Gasteiger partial charge in [-0.3, -0.25) is 24.6 Å². The number of hydrazine groups is 1. The maximum Gasteiger partial charge on any atom is 0.259 e. The number of nitrogens with zero attached hydrogens (tertiary/aromatic N) is 2. The molecule has 0 aliphatic carbocycles. The van der Waals surface area contributed by atoms with E-state index in [4.69, 9.17) is 0 Å². The second-order valence-corrected chi connectivity index (χ2v) is 8.47. The van der Waals surface area contributed by atoms with Gasteiger partial charge in [-0.05, 0) is 30.2 Å². The monoisotopic (exact) mass is 469 g/mol. The predicted octanol–water partition coefficient (Wildman–Crippen LogP) is 3.73. The van der Waals surface area contributed by atoms with Gasteiger partial charge in [0, 0.05) is 6.42 Å². The Morgan fingerprint density at radius 3 is 1.97 bits per heavy atom. The zero-order chi connectivity index (χ0) is 24.9. The summed E-state index contributed by atoms with van der Waals surface area (Å²) < 4.78 is 0. The molecule has 7 heteroatoms. The summed E-state index contributed by atoms with van der Waals surface area (Å²) in [6, 6.07) is 24.3. The van der Waals surface area contributed by atoms with E-state index < -0.39 is 35.6 Å². The fourth-order valence-electron chi connectivity index (χ4n) is 4.24. The Balaban J connectivity index is 1.64. The number of hydrogen-bond donors (Lipinski definition) is 1. The third kappa shape index (κ3) is 4.99. The normalized spacial score (nSPS) is 15.4. The summed E-state index contributed by atoms with van der Waals surface area (Å²) in [4.78, 5) is 53.7. The number of amides is 4. The SMILES string of the molecule is CCC(=O)N(NC(=O)C(c1ccccc1)c1ccccc1)C1CC(=O)N(c2ccc(C)cc2)C1=O. The number of carbonyl (C=O) groups excluding carboxylic acids is 4. The number of carbonyl (C=O) groups is 4. The topological polar surface area (TPSA) is 86.8 Å². The van der Waals surface area contributed by atoms with Crippen LogP contribution in [0.4, 0.5) is 5.69 Å². The van der Waals surface area contributed by atoms with Gasteiger partial charge in [0.1, 0.15) is 6.04 Å². The molecule has 35 heavy (non-hydrogen) atoms. The molecule has 178 valence electrons. The van der Waals surface area contributed by atoms with Crippen LogP contribution in [0.25, 0.3) is 0 Å². The van der Waals surface area contributed by atoms with Crippen LogP contribution in [0.5, 0.6) is 0 Å². The summed E-state index contributed by atoms with van der Waals surface area (Å²) in [5.41, 5.74) is 5.61. The Morgan fingerprint density at radius 1 is 0.914 bits per heavy atom. The number of anilines is 1. The van der Waals surface area contributed by atoms with Crippen molar-refractivity contribution in [3.05, 3.63) is 102 Å². The summed E-state index contributed by atoms with van der Waals surface area (Å²) in [5, 5.41) is 1.04. The van der Waals surface area contributed by atoms with Gasteiger partial charge in [-0.25, -0.2) is 9.91 Å². The molecule has 1 N–H and O–H groups in total. The van der Waals surface area contributed by atoms with Crippen LogP contribution in [0.1, 0.15) is 42.4 Å². The van der Waals surface area contributed by atoms with Crippen molar-refractivity contribution < 1.29 is 19.2 Å². The zero-order valence-electron chi connectivity index (χ0n) is 19.7. The van der Waals surface area contributed by atoms with E-state index >= 15 is 0 Å². The van der Waals surface area contributed by atoms with Gasteiger partial charge < -0.3 is 0 Å². The number of rotatable bonds is 6. The van der Waals surface area contributed by atoms with E-state index in [1.54, 1.807) is 19.1 Å². The fourth-order valence-corrected chi connectivity index (χ4v) is 4.24. The minimum Gasteiger partial charge on any atom is -0.274 e. The highest BCUT2D eigenvalue weighted by molar-refractivity contribution is 6.23. The van der Waals surface area contributed by atoms with E-state index in [0.29, 0.717) is 5.69 Å². The average molecular weight is 470 g/mol. The molecule has 1 unspecified atom stereocenters. The molecule has 0 bridgehead atoms. The first kappa shape index (κ1) is 23.9. The lowest BCUT2D eigenvalue weighted by atomic mass is 9.91. The summed E-state index contributed by atoms with van der Waals surface area (Å²) >= 11 is 0. The van der Waals surface area contributed by atoms with Crippen molar-refractivity contribution in [2.45, 2.75) is 38.6 Å². The molecule has 4 amide bonds. The van der Waals surface area contributed by atoms with Crippen molar-refractivity contribution in [1.82, 2.24) is 10.4 Å². The number of benzene rings is 3. The van der Waals surface area contributed by atoms with Gasteiger partial charge in [0.15, 0.2) is 0 Å². The van der Waals surface area contributed by atoms with E-state index in [1.165, 1.54) is 0 Å². The van der Waals surface area contributed by atoms with Crippen molar-refractivity contribution in [1.29, 1.82) is 0 Å². The average Bonchev–Trinajstić information content (AvgIpc) is 3.17. The quantitative estimate of drug-likeness (QED) is 0.440. The van der Waals surface area contributed by atoms with Crippen LogP contribution in [0.2, 0.25) is 0 Å². The summed E-state index contributed by atoms with van der Waals surface area (Å²) in [6.07, 6.45) is -0.149. The Labute approximate surface area is 204 Å². The molecule has 1 atom stereocenters. The Morgan fingerprint density at radius 2 is 1.46 bits per heavy atom. The first-order chi connectivity index (χ1) is 16.9. The highest BCUT2D eigenvalue weighted by Gasteiger charge is 2.45. The lowest BCUT2D eigenvalue weighted by Gasteiger charge is -2.29.